The van der Waals surface area contributed by atoms with E-state index in [1.165, 1.54) is 24.3 Å². The van der Waals surface area contributed by atoms with E-state index >= 15 is 0 Å². The molecule has 0 bridgehead atoms. The summed E-state index contributed by atoms with van der Waals surface area (Å²) in [5.74, 6) is 1.15. The molecule has 7 nitrogen and oxygen atoms in total. The van der Waals surface area contributed by atoms with Gasteiger partial charge in [0.05, 0.1) is 18.7 Å². The Kier molecular flexibility index (Phi) is 4.02. The third-order valence-electron chi connectivity index (χ3n) is 3.98. The van der Waals surface area contributed by atoms with Crippen molar-refractivity contribution in [2.45, 2.75) is 5.92 Å². The summed E-state index contributed by atoms with van der Waals surface area (Å²) in [6.07, 6.45) is 1.55. The molecule has 0 atom stereocenters. The second-order valence-corrected chi connectivity index (χ2v) is 5.88. The SMILES string of the molecule is O=C(CN1CC(c2nc(-c3ccco3)no2)C1)Nc1ccc(F)cc1. The van der Waals surface area contributed by atoms with Gasteiger partial charge in [-0.25, -0.2) is 4.39 Å². The van der Waals surface area contributed by atoms with Gasteiger partial charge in [0.2, 0.25) is 17.6 Å². The van der Waals surface area contributed by atoms with Crippen molar-refractivity contribution in [3.8, 4) is 11.6 Å². The fourth-order valence-corrected chi connectivity index (χ4v) is 2.70. The molecular formula is C17H15FN4O3. The second-order valence-electron chi connectivity index (χ2n) is 5.88. The average molecular weight is 342 g/mol. The molecule has 1 saturated heterocycles. The summed E-state index contributed by atoms with van der Waals surface area (Å²) in [6, 6.07) is 9.20. The zero-order valence-electron chi connectivity index (χ0n) is 13.2. The van der Waals surface area contributed by atoms with Gasteiger partial charge in [0.25, 0.3) is 0 Å². The molecule has 1 N–H and O–H groups in total. The van der Waals surface area contributed by atoms with Crippen LogP contribution in [0.1, 0.15) is 11.8 Å². The highest BCUT2D eigenvalue weighted by Crippen LogP contribution is 2.27. The van der Waals surface area contributed by atoms with Gasteiger partial charge in [-0.1, -0.05) is 5.16 Å². The van der Waals surface area contributed by atoms with E-state index in [-0.39, 0.29) is 24.2 Å². The Morgan fingerprint density at radius 2 is 2.08 bits per heavy atom. The standard InChI is InChI=1S/C17H15FN4O3/c18-12-3-5-13(6-4-12)19-15(23)10-22-8-11(9-22)17-20-16(21-25-17)14-2-1-7-24-14/h1-7,11H,8-10H2,(H,19,23). The van der Waals surface area contributed by atoms with Crippen LogP contribution in [-0.2, 0) is 4.79 Å². The number of halogens is 1. The van der Waals surface area contributed by atoms with E-state index in [2.05, 4.69) is 15.5 Å². The summed E-state index contributed by atoms with van der Waals surface area (Å²) < 4.78 is 23.3. The third kappa shape index (κ3) is 3.43. The summed E-state index contributed by atoms with van der Waals surface area (Å²) in [4.78, 5) is 18.3. The average Bonchev–Trinajstić information content (AvgIpc) is 3.23. The first-order valence-corrected chi connectivity index (χ1v) is 7.82. The van der Waals surface area contributed by atoms with Gasteiger partial charge < -0.3 is 14.3 Å². The number of nitrogens with one attached hydrogen (secondary N) is 1. The highest BCUT2D eigenvalue weighted by Gasteiger charge is 2.33. The Balaban J connectivity index is 1.27. The molecule has 3 aromatic rings. The molecule has 1 fully saturated rings. The van der Waals surface area contributed by atoms with E-state index in [4.69, 9.17) is 8.94 Å². The minimum absolute atomic E-state index is 0.106. The molecule has 3 heterocycles. The lowest BCUT2D eigenvalue weighted by Gasteiger charge is -2.36. The van der Waals surface area contributed by atoms with Gasteiger partial charge >= 0.3 is 0 Å². The predicted octanol–water partition coefficient (Wildman–Crippen LogP) is 2.51. The Morgan fingerprint density at radius 3 is 2.80 bits per heavy atom. The summed E-state index contributed by atoms with van der Waals surface area (Å²) in [5.41, 5.74) is 0.573. The zero-order chi connectivity index (χ0) is 17.2. The minimum Gasteiger partial charge on any atom is -0.461 e. The van der Waals surface area contributed by atoms with Crippen LogP contribution < -0.4 is 5.32 Å². The number of hydrogen-bond acceptors (Lipinski definition) is 6. The van der Waals surface area contributed by atoms with Crippen LogP contribution >= 0.6 is 0 Å². The van der Waals surface area contributed by atoms with Crippen molar-refractivity contribution in [1.82, 2.24) is 15.0 Å². The van der Waals surface area contributed by atoms with Crippen LogP contribution in [0, 0.1) is 5.82 Å². The first kappa shape index (κ1) is 15.5. The van der Waals surface area contributed by atoms with Crippen molar-refractivity contribution in [3.63, 3.8) is 0 Å². The zero-order valence-corrected chi connectivity index (χ0v) is 13.2. The second kappa shape index (κ2) is 6.48. The molecule has 0 unspecified atom stereocenters. The Morgan fingerprint density at radius 1 is 1.28 bits per heavy atom. The number of rotatable bonds is 5. The molecule has 0 spiro atoms. The van der Waals surface area contributed by atoms with Crippen molar-refractivity contribution in [2.75, 3.05) is 25.0 Å². The van der Waals surface area contributed by atoms with Crippen molar-refractivity contribution in [2.24, 2.45) is 0 Å². The van der Waals surface area contributed by atoms with E-state index in [0.717, 1.165) is 0 Å². The minimum atomic E-state index is -0.336. The van der Waals surface area contributed by atoms with Gasteiger partial charge in [-0.15, -0.1) is 0 Å². The third-order valence-corrected chi connectivity index (χ3v) is 3.98. The highest BCUT2D eigenvalue weighted by atomic mass is 19.1. The van der Waals surface area contributed by atoms with E-state index in [1.807, 2.05) is 4.90 Å². The van der Waals surface area contributed by atoms with E-state index in [1.54, 1.807) is 18.4 Å². The smallest absolute Gasteiger partial charge is 0.238 e. The quantitative estimate of drug-likeness (QED) is 0.767. The Hall–Kier alpha value is -3.00. The van der Waals surface area contributed by atoms with Gasteiger partial charge in [0.15, 0.2) is 5.76 Å². The largest absolute Gasteiger partial charge is 0.461 e. The molecule has 1 aliphatic rings. The molecule has 128 valence electrons. The van der Waals surface area contributed by atoms with Crippen LogP contribution in [-0.4, -0.2) is 40.6 Å². The summed E-state index contributed by atoms with van der Waals surface area (Å²) in [6.45, 7) is 1.58. The molecule has 25 heavy (non-hydrogen) atoms. The van der Waals surface area contributed by atoms with E-state index in [0.29, 0.717) is 36.3 Å². The number of benzene rings is 1. The molecule has 0 radical (unpaired) electrons. The van der Waals surface area contributed by atoms with Crippen molar-refractivity contribution in [1.29, 1.82) is 0 Å². The number of nitrogens with zero attached hydrogens (tertiary/aromatic N) is 3. The van der Waals surface area contributed by atoms with Crippen molar-refractivity contribution in [3.05, 3.63) is 54.4 Å². The molecule has 1 aliphatic heterocycles. The van der Waals surface area contributed by atoms with Gasteiger partial charge in [-0.3, -0.25) is 9.69 Å². The lowest BCUT2D eigenvalue weighted by atomic mass is 10.0. The molecule has 0 aliphatic carbocycles. The number of anilines is 1. The first-order chi connectivity index (χ1) is 12.2. The Bertz CT molecular complexity index is 854. The number of likely N-dealkylation sites (tertiary alicyclic amines) is 1. The van der Waals surface area contributed by atoms with Gasteiger partial charge in [0, 0.05) is 18.8 Å². The lowest BCUT2D eigenvalue weighted by Crippen LogP contribution is -2.48. The number of aromatic nitrogens is 2. The monoisotopic (exact) mass is 342 g/mol. The molecule has 8 heteroatoms. The maximum atomic E-state index is 12.8. The van der Waals surface area contributed by atoms with Crippen LogP contribution in [0.2, 0.25) is 0 Å². The van der Waals surface area contributed by atoms with Gasteiger partial charge in [-0.05, 0) is 36.4 Å². The Labute approximate surface area is 142 Å². The molecule has 1 aromatic carbocycles. The molecule has 1 amide bonds. The van der Waals surface area contributed by atoms with Gasteiger partial charge in [0.1, 0.15) is 5.82 Å². The van der Waals surface area contributed by atoms with E-state index in [9.17, 15) is 9.18 Å². The van der Waals surface area contributed by atoms with Crippen molar-refractivity contribution < 1.29 is 18.1 Å². The number of hydrogen-bond donors (Lipinski definition) is 1. The lowest BCUT2D eigenvalue weighted by molar-refractivity contribution is -0.118. The number of amides is 1. The summed E-state index contributed by atoms with van der Waals surface area (Å²) >= 11 is 0. The molecular weight excluding hydrogens is 327 g/mol. The number of carbonyl (C=O) groups is 1. The van der Waals surface area contributed by atoms with E-state index < -0.39 is 0 Å². The number of carbonyl (C=O) groups excluding carboxylic acids is 1. The summed E-state index contributed by atoms with van der Waals surface area (Å²) in [7, 11) is 0. The highest BCUT2D eigenvalue weighted by molar-refractivity contribution is 5.92. The van der Waals surface area contributed by atoms with Crippen LogP contribution in [0.15, 0.2) is 51.6 Å². The predicted molar refractivity (Wildman–Crippen MR) is 86.2 cm³/mol. The first-order valence-electron chi connectivity index (χ1n) is 7.82. The van der Waals surface area contributed by atoms with Crippen LogP contribution in [0.4, 0.5) is 10.1 Å². The topological polar surface area (TPSA) is 84.4 Å². The maximum Gasteiger partial charge on any atom is 0.238 e. The van der Waals surface area contributed by atoms with Gasteiger partial charge in [-0.2, -0.15) is 4.98 Å². The summed E-state index contributed by atoms with van der Waals surface area (Å²) in [5, 5.41) is 6.64. The molecule has 4 rings (SSSR count). The van der Waals surface area contributed by atoms with Crippen molar-refractivity contribution >= 4 is 11.6 Å². The normalized spacial score (nSPS) is 15.1. The fourth-order valence-electron chi connectivity index (χ4n) is 2.70. The van der Waals surface area contributed by atoms with Crippen LogP contribution in [0.5, 0.6) is 0 Å². The van der Waals surface area contributed by atoms with Crippen LogP contribution in [0.25, 0.3) is 11.6 Å². The van der Waals surface area contributed by atoms with Crippen LogP contribution in [0.3, 0.4) is 0 Å². The number of furan rings is 1. The fraction of sp³-hybridized carbons (Fsp3) is 0.235. The maximum absolute atomic E-state index is 12.8. The molecule has 0 saturated carbocycles. The molecule has 2 aromatic heterocycles.